The van der Waals surface area contributed by atoms with Gasteiger partial charge in [-0.25, -0.2) is 9.98 Å². The Morgan fingerprint density at radius 2 is 2.08 bits per heavy atom. The number of aliphatic imine (C=N–C) groups is 1. The Morgan fingerprint density at radius 1 is 1.23 bits per heavy atom. The molecule has 0 saturated heterocycles. The van der Waals surface area contributed by atoms with Gasteiger partial charge in [0.15, 0.2) is 17.6 Å². The summed E-state index contributed by atoms with van der Waals surface area (Å²) in [6.07, 6.45) is 0.825. The van der Waals surface area contributed by atoms with Crippen LogP contribution in [0.2, 0.25) is 0 Å². The molecule has 0 spiro atoms. The third kappa shape index (κ3) is 2.03. The van der Waals surface area contributed by atoms with Gasteiger partial charge < -0.3 is 10.2 Å². The first-order chi connectivity index (χ1) is 12.6. The van der Waals surface area contributed by atoms with E-state index in [0.29, 0.717) is 22.5 Å². The maximum Gasteiger partial charge on any atom is 0.212 e. The van der Waals surface area contributed by atoms with Crippen LogP contribution in [0.3, 0.4) is 0 Å². The second kappa shape index (κ2) is 5.19. The normalized spacial score (nSPS) is 16.3. The number of hydrogen-bond donors (Lipinski definition) is 2. The summed E-state index contributed by atoms with van der Waals surface area (Å²) in [5.74, 6) is 0.758. The minimum atomic E-state index is -0.639. The van der Waals surface area contributed by atoms with Crippen LogP contribution in [0.1, 0.15) is 17.3 Å². The van der Waals surface area contributed by atoms with Crippen LogP contribution in [0.25, 0.3) is 22.0 Å². The smallest absolute Gasteiger partial charge is 0.212 e. The number of benzene rings is 2. The number of aromatic nitrogens is 2. The standard InChI is InChI=1S/C19H15N5O2/c1-10-6-7-15-11(8-10)16(25)12(9-26-15)17-22-18(20)23-19-21-13-4-2-3-5-14(13)24(17)19/h2-9,17H,1H3,(H3,20,21,22,23)/t17-/m1/s1. The highest BCUT2D eigenvalue weighted by atomic mass is 16.3. The van der Waals surface area contributed by atoms with Crippen molar-refractivity contribution < 1.29 is 4.42 Å². The highest BCUT2D eigenvalue weighted by molar-refractivity contribution is 5.94. The number of nitrogens with two attached hydrogens (primary N) is 1. The zero-order valence-corrected chi connectivity index (χ0v) is 13.9. The predicted molar refractivity (Wildman–Crippen MR) is 100 cm³/mol. The summed E-state index contributed by atoms with van der Waals surface area (Å²) in [6, 6.07) is 13.2. The molecule has 0 amide bonds. The molecule has 0 bridgehead atoms. The van der Waals surface area contributed by atoms with E-state index in [9.17, 15) is 4.79 Å². The molecule has 7 heteroatoms. The van der Waals surface area contributed by atoms with Gasteiger partial charge in [0.1, 0.15) is 11.8 Å². The third-order valence-electron chi connectivity index (χ3n) is 4.57. The lowest BCUT2D eigenvalue weighted by atomic mass is 10.1. The number of guanidine groups is 1. The van der Waals surface area contributed by atoms with Gasteiger partial charge in [-0.1, -0.05) is 23.8 Å². The van der Waals surface area contributed by atoms with Crippen molar-refractivity contribution in [2.24, 2.45) is 10.7 Å². The van der Waals surface area contributed by atoms with Gasteiger partial charge >= 0.3 is 0 Å². The fraction of sp³-hybridized carbons (Fsp3) is 0.105. The lowest BCUT2D eigenvalue weighted by molar-refractivity contribution is 0.554. The number of para-hydroxylation sites is 2. The van der Waals surface area contributed by atoms with Crippen LogP contribution < -0.4 is 16.5 Å². The molecule has 4 aromatic rings. The van der Waals surface area contributed by atoms with E-state index in [4.69, 9.17) is 10.2 Å². The largest absolute Gasteiger partial charge is 0.464 e. The number of anilines is 1. The van der Waals surface area contributed by atoms with E-state index in [1.165, 1.54) is 6.26 Å². The first-order valence-electron chi connectivity index (χ1n) is 8.21. The Kier molecular flexibility index (Phi) is 2.94. The highest BCUT2D eigenvalue weighted by Gasteiger charge is 2.27. The number of nitrogens with zero attached hydrogens (tertiary/aromatic N) is 3. The van der Waals surface area contributed by atoms with E-state index in [2.05, 4.69) is 15.3 Å². The van der Waals surface area contributed by atoms with Crippen molar-refractivity contribution in [3.63, 3.8) is 0 Å². The number of aryl methyl sites for hydroxylation is 1. The van der Waals surface area contributed by atoms with Gasteiger partial charge in [0.2, 0.25) is 5.95 Å². The molecule has 3 heterocycles. The van der Waals surface area contributed by atoms with E-state index in [1.54, 1.807) is 6.07 Å². The van der Waals surface area contributed by atoms with Crippen LogP contribution in [-0.2, 0) is 0 Å². The first-order valence-corrected chi connectivity index (χ1v) is 8.21. The lowest BCUT2D eigenvalue weighted by Crippen LogP contribution is -2.33. The molecule has 0 unspecified atom stereocenters. The van der Waals surface area contributed by atoms with Gasteiger partial charge in [-0.05, 0) is 31.2 Å². The average Bonchev–Trinajstić information content (AvgIpc) is 3.00. The predicted octanol–water partition coefficient (Wildman–Crippen LogP) is 2.74. The van der Waals surface area contributed by atoms with E-state index >= 15 is 0 Å². The molecule has 2 aromatic carbocycles. The van der Waals surface area contributed by atoms with Crippen LogP contribution in [-0.4, -0.2) is 15.5 Å². The minimum Gasteiger partial charge on any atom is -0.464 e. The molecular weight excluding hydrogens is 330 g/mol. The van der Waals surface area contributed by atoms with Crippen molar-refractivity contribution in [2.75, 3.05) is 5.32 Å². The van der Waals surface area contributed by atoms with E-state index in [0.717, 1.165) is 16.6 Å². The summed E-state index contributed by atoms with van der Waals surface area (Å²) in [4.78, 5) is 22.1. The lowest BCUT2D eigenvalue weighted by Gasteiger charge is -2.23. The summed E-state index contributed by atoms with van der Waals surface area (Å²) in [6.45, 7) is 1.94. The van der Waals surface area contributed by atoms with Gasteiger partial charge in [-0.3, -0.25) is 14.7 Å². The zero-order chi connectivity index (χ0) is 17.8. The molecule has 0 aliphatic carbocycles. The SMILES string of the molecule is Cc1ccc2occ([C@@H]3N=C(N)Nc4nc5ccccc5n43)c(=O)c2c1. The molecule has 128 valence electrons. The Bertz CT molecular complexity index is 1270. The molecule has 1 aliphatic rings. The van der Waals surface area contributed by atoms with Gasteiger partial charge in [0, 0.05) is 0 Å². The molecular formula is C19H15N5O2. The topological polar surface area (TPSA) is 98.4 Å². The fourth-order valence-electron chi connectivity index (χ4n) is 3.36. The van der Waals surface area contributed by atoms with E-state index in [-0.39, 0.29) is 11.4 Å². The van der Waals surface area contributed by atoms with Crippen LogP contribution in [0, 0.1) is 6.92 Å². The molecule has 3 N–H and O–H groups in total. The number of imidazole rings is 1. The van der Waals surface area contributed by atoms with E-state index in [1.807, 2.05) is 47.9 Å². The summed E-state index contributed by atoms with van der Waals surface area (Å²) in [7, 11) is 0. The summed E-state index contributed by atoms with van der Waals surface area (Å²) in [5, 5.41) is 3.49. The number of hydrogen-bond acceptors (Lipinski definition) is 6. The van der Waals surface area contributed by atoms with Crippen LogP contribution in [0.15, 0.2) is 62.9 Å². The fourth-order valence-corrected chi connectivity index (χ4v) is 3.36. The van der Waals surface area contributed by atoms with E-state index < -0.39 is 6.17 Å². The monoisotopic (exact) mass is 345 g/mol. The third-order valence-corrected chi connectivity index (χ3v) is 4.57. The quantitative estimate of drug-likeness (QED) is 0.553. The molecule has 0 saturated carbocycles. The van der Waals surface area contributed by atoms with Gasteiger partial charge in [0.25, 0.3) is 0 Å². The van der Waals surface area contributed by atoms with Crippen LogP contribution >= 0.6 is 0 Å². The van der Waals surface area contributed by atoms with Crippen molar-refractivity contribution in [3.05, 3.63) is 70.1 Å². The molecule has 7 nitrogen and oxygen atoms in total. The molecule has 0 radical (unpaired) electrons. The zero-order valence-electron chi connectivity index (χ0n) is 13.9. The summed E-state index contributed by atoms with van der Waals surface area (Å²) >= 11 is 0. The van der Waals surface area contributed by atoms with Crippen molar-refractivity contribution in [1.82, 2.24) is 9.55 Å². The highest BCUT2D eigenvalue weighted by Crippen LogP contribution is 2.31. The van der Waals surface area contributed by atoms with Crippen molar-refractivity contribution in [3.8, 4) is 0 Å². The summed E-state index contributed by atoms with van der Waals surface area (Å²) in [5.41, 5.74) is 9.42. The first kappa shape index (κ1) is 14.7. The molecule has 5 rings (SSSR count). The number of rotatable bonds is 1. The molecule has 0 fully saturated rings. The van der Waals surface area contributed by atoms with Gasteiger partial charge in [-0.2, -0.15) is 0 Å². The van der Waals surface area contributed by atoms with Crippen LogP contribution in [0.4, 0.5) is 5.95 Å². The van der Waals surface area contributed by atoms with Gasteiger partial charge in [0.05, 0.1) is 22.0 Å². The van der Waals surface area contributed by atoms with Crippen molar-refractivity contribution in [2.45, 2.75) is 13.1 Å². The van der Waals surface area contributed by atoms with Crippen LogP contribution in [0.5, 0.6) is 0 Å². The summed E-state index contributed by atoms with van der Waals surface area (Å²) < 4.78 is 7.57. The minimum absolute atomic E-state index is 0.123. The molecule has 2 aromatic heterocycles. The number of nitrogens with one attached hydrogen (secondary N) is 1. The molecule has 1 atom stereocenters. The second-order valence-electron chi connectivity index (χ2n) is 6.33. The Labute approximate surface area is 147 Å². The Morgan fingerprint density at radius 3 is 2.96 bits per heavy atom. The van der Waals surface area contributed by atoms with Crippen molar-refractivity contribution >= 4 is 33.9 Å². The maximum absolute atomic E-state index is 13.1. The molecule has 26 heavy (non-hydrogen) atoms. The van der Waals surface area contributed by atoms with Gasteiger partial charge in [-0.15, -0.1) is 0 Å². The Balaban J connectivity index is 1.81. The number of fused-ring (bicyclic) bond motifs is 4. The molecule has 1 aliphatic heterocycles. The average molecular weight is 345 g/mol. The second-order valence-corrected chi connectivity index (χ2v) is 6.33. The Hall–Kier alpha value is -3.61. The van der Waals surface area contributed by atoms with Crippen molar-refractivity contribution in [1.29, 1.82) is 0 Å². The maximum atomic E-state index is 13.1.